The second-order valence-corrected chi connectivity index (χ2v) is 4.06. The normalized spacial score (nSPS) is 10.2. The molecule has 0 saturated heterocycles. The van der Waals surface area contributed by atoms with Gasteiger partial charge < -0.3 is 4.42 Å². The summed E-state index contributed by atoms with van der Waals surface area (Å²) in [6.07, 6.45) is 1.53. The molecule has 0 atom stereocenters. The molecule has 86 valence electrons. The maximum atomic E-state index is 11.9. The van der Waals surface area contributed by atoms with Gasteiger partial charge >= 0.3 is 5.63 Å². The third-order valence-electron chi connectivity index (χ3n) is 2.33. The molecule has 0 fully saturated rings. The van der Waals surface area contributed by atoms with E-state index in [1.54, 1.807) is 24.3 Å². The Balaban J connectivity index is 2.69. The molecule has 0 aliphatic carbocycles. The lowest BCUT2D eigenvalue weighted by atomic mass is 10.1. The first-order chi connectivity index (χ1) is 8.08. The van der Waals surface area contributed by atoms with Crippen molar-refractivity contribution in [1.29, 1.82) is 0 Å². The van der Waals surface area contributed by atoms with Crippen molar-refractivity contribution in [2.75, 3.05) is 0 Å². The second kappa shape index (κ2) is 4.37. The molecule has 0 aliphatic heterocycles. The highest BCUT2D eigenvalue weighted by atomic mass is 16.4. The van der Waals surface area contributed by atoms with E-state index < -0.39 is 5.63 Å². The number of carbonyl (C=O) groups excluding carboxylic acids is 1. The molecule has 1 heterocycles. The van der Waals surface area contributed by atoms with Gasteiger partial charge in [0.1, 0.15) is 5.58 Å². The fourth-order valence-electron chi connectivity index (χ4n) is 1.63. The van der Waals surface area contributed by atoms with Gasteiger partial charge in [0.25, 0.3) is 0 Å². The van der Waals surface area contributed by atoms with E-state index in [2.05, 4.69) is 0 Å². The molecule has 1 aromatic heterocycles. The van der Waals surface area contributed by atoms with Crippen molar-refractivity contribution in [3.8, 4) is 0 Å². The highest BCUT2D eigenvalue weighted by Crippen LogP contribution is 2.18. The first-order valence-corrected chi connectivity index (χ1v) is 5.30. The predicted octanol–water partition coefficient (Wildman–Crippen LogP) is 2.94. The third kappa shape index (κ3) is 2.33. The highest BCUT2D eigenvalue weighted by Gasteiger charge is 2.09. The van der Waals surface area contributed by atoms with Crippen LogP contribution >= 0.6 is 0 Å². The van der Waals surface area contributed by atoms with Crippen molar-refractivity contribution in [1.82, 2.24) is 0 Å². The summed E-state index contributed by atoms with van der Waals surface area (Å²) in [6, 6.07) is 8.23. The van der Waals surface area contributed by atoms with Crippen LogP contribution in [0, 0.1) is 0 Å². The topological polar surface area (TPSA) is 47.3 Å². The molecule has 2 aromatic rings. The average Bonchev–Trinajstić information content (AvgIpc) is 2.27. The van der Waals surface area contributed by atoms with Crippen molar-refractivity contribution in [2.24, 2.45) is 0 Å². The Hall–Kier alpha value is -2.16. The molecule has 0 bridgehead atoms. The van der Waals surface area contributed by atoms with Gasteiger partial charge in [-0.3, -0.25) is 4.79 Å². The van der Waals surface area contributed by atoms with E-state index in [0.29, 0.717) is 11.1 Å². The Kier molecular flexibility index (Phi) is 2.91. The van der Waals surface area contributed by atoms with E-state index in [1.165, 1.54) is 12.1 Å². The molecule has 0 aliphatic rings. The SMILES string of the molecule is CC(C)=CC(=O)c1cccc2ccc(=O)oc12. The number of para-hydroxylation sites is 1. The van der Waals surface area contributed by atoms with E-state index in [4.69, 9.17) is 4.42 Å². The van der Waals surface area contributed by atoms with Gasteiger partial charge in [0.05, 0.1) is 5.56 Å². The summed E-state index contributed by atoms with van der Waals surface area (Å²) in [7, 11) is 0. The van der Waals surface area contributed by atoms with E-state index >= 15 is 0 Å². The number of carbonyl (C=O) groups is 1. The van der Waals surface area contributed by atoms with Gasteiger partial charge in [-0.15, -0.1) is 0 Å². The number of allylic oxidation sites excluding steroid dienone is 2. The van der Waals surface area contributed by atoms with Crippen LogP contribution in [0.1, 0.15) is 24.2 Å². The first kappa shape index (κ1) is 11.3. The highest BCUT2D eigenvalue weighted by molar-refractivity contribution is 6.11. The fourth-order valence-corrected chi connectivity index (χ4v) is 1.63. The van der Waals surface area contributed by atoms with Crippen LogP contribution in [0.4, 0.5) is 0 Å². The molecule has 0 radical (unpaired) electrons. The summed E-state index contributed by atoms with van der Waals surface area (Å²) in [5.74, 6) is -0.148. The monoisotopic (exact) mass is 228 g/mol. The van der Waals surface area contributed by atoms with Crippen LogP contribution in [0.2, 0.25) is 0 Å². The average molecular weight is 228 g/mol. The van der Waals surface area contributed by atoms with Crippen molar-refractivity contribution < 1.29 is 9.21 Å². The summed E-state index contributed by atoms with van der Waals surface area (Å²) in [6.45, 7) is 3.69. The van der Waals surface area contributed by atoms with Gasteiger partial charge in [-0.25, -0.2) is 4.79 Å². The lowest BCUT2D eigenvalue weighted by molar-refractivity contribution is 0.104. The molecular formula is C14H12O3. The van der Waals surface area contributed by atoms with Crippen LogP contribution in [0.25, 0.3) is 11.0 Å². The lowest BCUT2D eigenvalue weighted by Crippen LogP contribution is -2.01. The lowest BCUT2D eigenvalue weighted by Gasteiger charge is -2.01. The smallest absolute Gasteiger partial charge is 0.336 e. The molecule has 2 rings (SSSR count). The molecule has 1 aromatic carbocycles. The number of rotatable bonds is 2. The second-order valence-electron chi connectivity index (χ2n) is 4.06. The first-order valence-electron chi connectivity index (χ1n) is 5.30. The quantitative estimate of drug-likeness (QED) is 0.451. The zero-order valence-electron chi connectivity index (χ0n) is 9.69. The number of hydrogen-bond acceptors (Lipinski definition) is 3. The van der Waals surface area contributed by atoms with E-state index in [-0.39, 0.29) is 5.78 Å². The maximum absolute atomic E-state index is 11.9. The van der Waals surface area contributed by atoms with Crippen LogP contribution in [0.5, 0.6) is 0 Å². The number of benzene rings is 1. The van der Waals surface area contributed by atoms with Crippen molar-refractivity contribution in [2.45, 2.75) is 13.8 Å². The molecule has 0 saturated carbocycles. The Bertz CT molecular complexity index is 658. The van der Waals surface area contributed by atoms with Gasteiger partial charge in [-0.2, -0.15) is 0 Å². The van der Waals surface area contributed by atoms with Crippen molar-refractivity contribution in [3.63, 3.8) is 0 Å². The maximum Gasteiger partial charge on any atom is 0.336 e. The molecule has 0 spiro atoms. The Labute approximate surface area is 98.4 Å². The summed E-state index contributed by atoms with van der Waals surface area (Å²) < 4.78 is 5.09. The van der Waals surface area contributed by atoms with Gasteiger partial charge in [-0.05, 0) is 32.1 Å². The summed E-state index contributed by atoms with van der Waals surface area (Å²) >= 11 is 0. The summed E-state index contributed by atoms with van der Waals surface area (Å²) in [5.41, 5.74) is 1.23. The molecule has 0 amide bonds. The Morgan fingerprint density at radius 3 is 2.65 bits per heavy atom. The van der Waals surface area contributed by atoms with Crippen LogP contribution < -0.4 is 5.63 Å². The molecule has 0 unspecified atom stereocenters. The zero-order chi connectivity index (χ0) is 12.4. The summed E-state index contributed by atoms with van der Waals surface area (Å²) in [5, 5.41) is 0.748. The Morgan fingerprint density at radius 2 is 1.94 bits per heavy atom. The van der Waals surface area contributed by atoms with Crippen LogP contribution in [0.3, 0.4) is 0 Å². The zero-order valence-corrected chi connectivity index (χ0v) is 9.69. The van der Waals surface area contributed by atoms with Gasteiger partial charge in [0, 0.05) is 11.5 Å². The van der Waals surface area contributed by atoms with Gasteiger partial charge in [-0.1, -0.05) is 17.7 Å². The summed E-state index contributed by atoms with van der Waals surface area (Å²) in [4.78, 5) is 23.1. The molecule has 3 nitrogen and oxygen atoms in total. The number of hydrogen-bond donors (Lipinski definition) is 0. The minimum atomic E-state index is -0.449. The largest absolute Gasteiger partial charge is 0.422 e. The number of ketones is 1. The molecule has 0 N–H and O–H groups in total. The molecule has 3 heteroatoms. The van der Waals surface area contributed by atoms with Crippen LogP contribution in [0.15, 0.2) is 51.2 Å². The van der Waals surface area contributed by atoms with Crippen LogP contribution in [-0.2, 0) is 0 Å². The third-order valence-corrected chi connectivity index (χ3v) is 2.33. The van der Waals surface area contributed by atoms with Crippen molar-refractivity contribution >= 4 is 16.8 Å². The van der Waals surface area contributed by atoms with Crippen molar-refractivity contribution in [3.05, 3.63) is 58.0 Å². The van der Waals surface area contributed by atoms with Gasteiger partial charge in [0.15, 0.2) is 5.78 Å². The fraction of sp³-hybridized carbons (Fsp3) is 0.143. The van der Waals surface area contributed by atoms with E-state index in [9.17, 15) is 9.59 Å². The molecule has 17 heavy (non-hydrogen) atoms. The molecular weight excluding hydrogens is 216 g/mol. The Morgan fingerprint density at radius 1 is 1.18 bits per heavy atom. The van der Waals surface area contributed by atoms with Crippen LogP contribution in [-0.4, -0.2) is 5.78 Å². The minimum absolute atomic E-state index is 0.148. The van der Waals surface area contributed by atoms with Gasteiger partial charge in [0.2, 0.25) is 0 Å². The predicted molar refractivity (Wildman–Crippen MR) is 66.2 cm³/mol. The minimum Gasteiger partial charge on any atom is -0.422 e. The van der Waals surface area contributed by atoms with E-state index in [0.717, 1.165) is 11.0 Å². The van der Waals surface area contributed by atoms with E-state index in [1.807, 2.05) is 13.8 Å². The standard InChI is InChI=1S/C14H12O3/c1-9(2)8-12(15)11-5-3-4-10-6-7-13(16)17-14(10)11/h3-8H,1-2H3. The number of fused-ring (bicyclic) bond motifs is 1.